The molecule has 128 valence electrons. The molecule has 2 fully saturated rings. The number of ether oxygens (including phenoxy) is 1. The maximum atomic E-state index is 9.66. The van der Waals surface area contributed by atoms with Crippen LogP contribution < -0.4 is 10.2 Å². The van der Waals surface area contributed by atoms with E-state index < -0.39 is 0 Å². The number of nitrogens with one attached hydrogen (secondary N) is 1. The van der Waals surface area contributed by atoms with Crippen molar-refractivity contribution in [2.24, 2.45) is 5.41 Å². The number of aliphatic hydroxyl groups excluding tert-OH is 1. The maximum Gasteiger partial charge on any atom is 0.134 e. The minimum atomic E-state index is 0.101. The highest BCUT2D eigenvalue weighted by Crippen LogP contribution is 2.35. The van der Waals surface area contributed by atoms with E-state index in [2.05, 4.69) is 27.1 Å². The minimum Gasteiger partial charge on any atom is -0.396 e. The standard InChI is InChI=1S/C17H28N4O2/c1-2-17(12-22)5-7-21(8-6-17)16-10-15(18-13-19-16)20-14-4-3-9-23-11-14/h10,13-14,22H,2-9,11-12H2,1H3,(H,18,19,20). The molecule has 3 rings (SSSR count). The van der Waals surface area contributed by atoms with Crippen LogP contribution in [0.25, 0.3) is 0 Å². The lowest BCUT2D eigenvalue weighted by Gasteiger charge is -2.40. The number of aliphatic hydroxyl groups is 1. The highest BCUT2D eigenvalue weighted by atomic mass is 16.5. The third-order valence-corrected chi connectivity index (χ3v) is 5.40. The second-order valence-corrected chi connectivity index (χ2v) is 6.82. The fraction of sp³-hybridized carbons (Fsp3) is 0.765. The van der Waals surface area contributed by atoms with Crippen molar-refractivity contribution >= 4 is 11.6 Å². The molecule has 23 heavy (non-hydrogen) atoms. The molecular formula is C17H28N4O2. The predicted molar refractivity (Wildman–Crippen MR) is 90.8 cm³/mol. The van der Waals surface area contributed by atoms with Gasteiger partial charge in [0.25, 0.3) is 0 Å². The molecule has 0 amide bonds. The van der Waals surface area contributed by atoms with Gasteiger partial charge in [-0.25, -0.2) is 9.97 Å². The lowest BCUT2D eigenvalue weighted by molar-refractivity contribution is 0.0875. The first-order valence-corrected chi connectivity index (χ1v) is 8.77. The zero-order valence-electron chi connectivity index (χ0n) is 14.0. The van der Waals surface area contributed by atoms with Crippen molar-refractivity contribution in [3.05, 3.63) is 12.4 Å². The van der Waals surface area contributed by atoms with Crippen LogP contribution in [0.4, 0.5) is 11.6 Å². The van der Waals surface area contributed by atoms with E-state index in [1.807, 2.05) is 6.07 Å². The molecule has 1 unspecified atom stereocenters. The summed E-state index contributed by atoms with van der Waals surface area (Å²) in [7, 11) is 0. The highest BCUT2D eigenvalue weighted by Gasteiger charge is 2.32. The Bertz CT molecular complexity index is 491. The van der Waals surface area contributed by atoms with Gasteiger partial charge in [-0.15, -0.1) is 0 Å². The Hall–Kier alpha value is -1.40. The SMILES string of the molecule is CCC1(CO)CCN(c2cc(NC3CCCOC3)ncn2)CC1. The smallest absolute Gasteiger partial charge is 0.134 e. The molecule has 1 atom stereocenters. The first-order valence-electron chi connectivity index (χ1n) is 8.77. The molecular weight excluding hydrogens is 292 g/mol. The molecule has 3 heterocycles. The largest absolute Gasteiger partial charge is 0.396 e. The van der Waals surface area contributed by atoms with Crippen molar-refractivity contribution in [1.29, 1.82) is 0 Å². The van der Waals surface area contributed by atoms with Crippen molar-refractivity contribution in [2.75, 3.05) is 43.1 Å². The van der Waals surface area contributed by atoms with Crippen molar-refractivity contribution in [2.45, 2.75) is 45.1 Å². The lowest BCUT2D eigenvalue weighted by Crippen LogP contribution is -2.42. The molecule has 2 aliphatic rings. The minimum absolute atomic E-state index is 0.101. The van der Waals surface area contributed by atoms with Gasteiger partial charge >= 0.3 is 0 Å². The Morgan fingerprint density at radius 2 is 2.22 bits per heavy atom. The van der Waals surface area contributed by atoms with Crippen LogP contribution in [0, 0.1) is 5.41 Å². The number of piperidine rings is 1. The molecule has 2 aliphatic heterocycles. The molecule has 0 saturated carbocycles. The van der Waals surface area contributed by atoms with Gasteiger partial charge in [-0.3, -0.25) is 0 Å². The fourth-order valence-electron chi connectivity index (χ4n) is 3.50. The molecule has 0 aliphatic carbocycles. The van der Waals surface area contributed by atoms with Crippen LogP contribution in [0.5, 0.6) is 0 Å². The van der Waals surface area contributed by atoms with Crippen molar-refractivity contribution in [1.82, 2.24) is 9.97 Å². The third-order valence-electron chi connectivity index (χ3n) is 5.40. The summed E-state index contributed by atoms with van der Waals surface area (Å²) < 4.78 is 5.51. The highest BCUT2D eigenvalue weighted by molar-refractivity contribution is 5.49. The van der Waals surface area contributed by atoms with Gasteiger partial charge in [-0.05, 0) is 37.5 Å². The van der Waals surface area contributed by atoms with E-state index >= 15 is 0 Å². The quantitative estimate of drug-likeness (QED) is 0.865. The normalized spacial score (nSPS) is 24.4. The number of aromatic nitrogens is 2. The summed E-state index contributed by atoms with van der Waals surface area (Å²) in [6.07, 6.45) is 6.93. The van der Waals surface area contributed by atoms with E-state index in [1.165, 1.54) is 0 Å². The second-order valence-electron chi connectivity index (χ2n) is 6.82. The first kappa shape index (κ1) is 16.5. The van der Waals surface area contributed by atoms with Crippen LogP contribution in [0.3, 0.4) is 0 Å². The van der Waals surface area contributed by atoms with Crippen LogP contribution in [0.2, 0.25) is 0 Å². The summed E-state index contributed by atoms with van der Waals surface area (Å²) in [4.78, 5) is 11.1. The molecule has 2 N–H and O–H groups in total. The summed E-state index contributed by atoms with van der Waals surface area (Å²) in [5.41, 5.74) is 0.101. The summed E-state index contributed by atoms with van der Waals surface area (Å²) in [5.74, 6) is 1.85. The van der Waals surface area contributed by atoms with Gasteiger partial charge < -0.3 is 20.1 Å². The van der Waals surface area contributed by atoms with Crippen molar-refractivity contribution in [3.8, 4) is 0 Å². The van der Waals surface area contributed by atoms with Crippen LogP contribution in [-0.2, 0) is 4.74 Å². The Balaban J connectivity index is 1.61. The number of hydrogen-bond donors (Lipinski definition) is 2. The summed E-state index contributed by atoms with van der Waals surface area (Å²) in [5, 5.41) is 13.1. The predicted octanol–water partition coefficient (Wildman–Crippen LogP) is 2.06. The zero-order chi connectivity index (χ0) is 16.1. The molecule has 6 nitrogen and oxygen atoms in total. The number of rotatable bonds is 5. The van der Waals surface area contributed by atoms with Gasteiger partial charge in [0, 0.05) is 32.4 Å². The van der Waals surface area contributed by atoms with Crippen molar-refractivity contribution in [3.63, 3.8) is 0 Å². The van der Waals surface area contributed by atoms with E-state index in [1.54, 1.807) is 6.33 Å². The maximum absolute atomic E-state index is 9.66. The second kappa shape index (κ2) is 7.45. The first-order chi connectivity index (χ1) is 11.2. The lowest BCUT2D eigenvalue weighted by atomic mass is 9.77. The monoisotopic (exact) mass is 320 g/mol. The Labute approximate surface area is 138 Å². The molecule has 0 bridgehead atoms. The van der Waals surface area contributed by atoms with E-state index in [-0.39, 0.29) is 12.0 Å². The number of hydrogen-bond acceptors (Lipinski definition) is 6. The number of nitrogens with zero attached hydrogens (tertiary/aromatic N) is 3. The van der Waals surface area contributed by atoms with E-state index in [9.17, 15) is 5.11 Å². The topological polar surface area (TPSA) is 70.5 Å². The molecule has 0 aromatic carbocycles. The summed E-state index contributed by atoms with van der Waals surface area (Å²) in [6, 6.07) is 2.38. The Morgan fingerprint density at radius 3 is 2.87 bits per heavy atom. The van der Waals surface area contributed by atoms with Crippen LogP contribution in [0.15, 0.2) is 12.4 Å². The fourth-order valence-corrected chi connectivity index (χ4v) is 3.50. The Kier molecular flexibility index (Phi) is 5.33. The zero-order valence-corrected chi connectivity index (χ0v) is 14.0. The average molecular weight is 320 g/mol. The average Bonchev–Trinajstić information content (AvgIpc) is 2.63. The van der Waals surface area contributed by atoms with Gasteiger partial charge in [0.1, 0.15) is 18.0 Å². The molecule has 1 aromatic rings. The summed E-state index contributed by atoms with van der Waals surface area (Å²) in [6.45, 7) is 5.96. The molecule has 0 radical (unpaired) electrons. The van der Waals surface area contributed by atoms with E-state index in [0.717, 1.165) is 70.0 Å². The van der Waals surface area contributed by atoms with Gasteiger partial charge in [-0.1, -0.05) is 6.92 Å². The van der Waals surface area contributed by atoms with Gasteiger partial charge in [-0.2, -0.15) is 0 Å². The van der Waals surface area contributed by atoms with Crippen molar-refractivity contribution < 1.29 is 9.84 Å². The number of anilines is 2. The Morgan fingerprint density at radius 1 is 1.39 bits per heavy atom. The summed E-state index contributed by atoms with van der Waals surface area (Å²) >= 11 is 0. The van der Waals surface area contributed by atoms with Gasteiger partial charge in [0.2, 0.25) is 0 Å². The molecule has 6 heteroatoms. The van der Waals surface area contributed by atoms with Crippen LogP contribution >= 0.6 is 0 Å². The van der Waals surface area contributed by atoms with Crippen LogP contribution in [-0.4, -0.2) is 54.0 Å². The third kappa shape index (κ3) is 3.93. The van der Waals surface area contributed by atoms with Gasteiger partial charge in [0.15, 0.2) is 0 Å². The molecule has 2 saturated heterocycles. The van der Waals surface area contributed by atoms with Crippen LogP contribution in [0.1, 0.15) is 39.0 Å². The van der Waals surface area contributed by atoms with Gasteiger partial charge in [0.05, 0.1) is 12.6 Å². The van der Waals surface area contributed by atoms with E-state index in [4.69, 9.17) is 4.74 Å². The van der Waals surface area contributed by atoms with E-state index in [0.29, 0.717) is 6.04 Å². The molecule has 1 aromatic heterocycles. The molecule has 0 spiro atoms.